The number of hydrazine groups is 1. The average Bonchev–Trinajstić information content (AvgIpc) is 2.79. The van der Waals surface area contributed by atoms with Crippen LogP contribution in [0.5, 0.6) is 0 Å². The van der Waals surface area contributed by atoms with Crippen molar-refractivity contribution in [1.82, 2.24) is 15.0 Å². The Labute approximate surface area is 96.7 Å². The van der Waals surface area contributed by atoms with Crippen molar-refractivity contribution in [2.75, 3.05) is 0 Å². The number of aryl methyl sites for hydroxylation is 1. The van der Waals surface area contributed by atoms with E-state index >= 15 is 0 Å². The first-order valence-corrected chi connectivity index (χ1v) is 5.60. The van der Waals surface area contributed by atoms with E-state index in [4.69, 9.17) is 17.4 Å². The Bertz CT molecular complexity index is 450. The molecular weight excluding hydrogens is 232 g/mol. The molecule has 0 aromatic carbocycles. The summed E-state index contributed by atoms with van der Waals surface area (Å²) in [5, 5.41) is 0. The number of aromatic nitrogens is 2. The molecule has 0 spiro atoms. The van der Waals surface area contributed by atoms with Crippen molar-refractivity contribution in [2.45, 2.75) is 6.04 Å². The van der Waals surface area contributed by atoms with Gasteiger partial charge in [0.05, 0.1) is 4.34 Å². The molecule has 15 heavy (non-hydrogen) atoms. The third-order valence-corrected chi connectivity index (χ3v) is 3.46. The van der Waals surface area contributed by atoms with E-state index in [1.807, 2.05) is 29.9 Å². The van der Waals surface area contributed by atoms with Gasteiger partial charge in [-0.1, -0.05) is 11.6 Å². The van der Waals surface area contributed by atoms with E-state index in [-0.39, 0.29) is 6.04 Å². The number of nitrogens with zero attached hydrogens (tertiary/aromatic N) is 2. The second-order valence-corrected chi connectivity index (χ2v) is 4.88. The van der Waals surface area contributed by atoms with Crippen LogP contribution in [0.15, 0.2) is 24.5 Å². The van der Waals surface area contributed by atoms with E-state index in [1.54, 1.807) is 6.20 Å². The van der Waals surface area contributed by atoms with Gasteiger partial charge in [-0.3, -0.25) is 5.84 Å². The number of thiophene rings is 1. The number of rotatable bonds is 3. The van der Waals surface area contributed by atoms with E-state index < -0.39 is 0 Å². The maximum Gasteiger partial charge on any atom is 0.132 e. The fraction of sp³-hybridized carbons (Fsp3) is 0.222. The molecule has 0 aliphatic heterocycles. The van der Waals surface area contributed by atoms with Crippen LogP contribution in [-0.2, 0) is 7.05 Å². The Kier molecular flexibility index (Phi) is 3.06. The monoisotopic (exact) mass is 242 g/mol. The zero-order chi connectivity index (χ0) is 10.8. The third-order valence-electron chi connectivity index (χ3n) is 2.16. The maximum atomic E-state index is 5.89. The number of imidazole rings is 1. The molecule has 1 atom stereocenters. The number of hydrogen-bond donors (Lipinski definition) is 2. The van der Waals surface area contributed by atoms with Crippen LogP contribution in [0.2, 0.25) is 4.34 Å². The van der Waals surface area contributed by atoms with Crippen molar-refractivity contribution in [2.24, 2.45) is 12.9 Å². The second kappa shape index (κ2) is 4.32. The lowest BCUT2D eigenvalue weighted by Crippen LogP contribution is -2.30. The largest absolute Gasteiger partial charge is 0.336 e. The van der Waals surface area contributed by atoms with Crippen LogP contribution in [0.3, 0.4) is 0 Å². The highest BCUT2D eigenvalue weighted by Gasteiger charge is 2.18. The first-order valence-electron chi connectivity index (χ1n) is 4.41. The van der Waals surface area contributed by atoms with E-state index in [0.717, 1.165) is 15.0 Å². The van der Waals surface area contributed by atoms with E-state index in [9.17, 15) is 0 Å². The molecule has 2 aromatic heterocycles. The van der Waals surface area contributed by atoms with Gasteiger partial charge >= 0.3 is 0 Å². The van der Waals surface area contributed by atoms with Crippen LogP contribution in [0.4, 0.5) is 0 Å². The van der Waals surface area contributed by atoms with Gasteiger partial charge in [-0.15, -0.1) is 11.3 Å². The predicted octanol–water partition coefficient (Wildman–Crippen LogP) is 1.69. The molecule has 0 aliphatic rings. The topological polar surface area (TPSA) is 55.9 Å². The molecule has 2 aromatic rings. The fourth-order valence-electron chi connectivity index (χ4n) is 1.42. The molecule has 80 valence electrons. The van der Waals surface area contributed by atoms with Crippen molar-refractivity contribution in [1.29, 1.82) is 0 Å². The zero-order valence-electron chi connectivity index (χ0n) is 8.14. The lowest BCUT2D eigenvalue weighted by Gasteiger charge is -2.13. The molecule has 0 amide bonds. The highest BCUT2D eigenvalue weighted by atomic mass is 35.5. The molecule has 0 aliphatic carbocycles. The van der Waals surface area contributed by atoms with E-state index in [2.05, 4.69) is 10.4 Å². The smallest absolute Gasteiger partial charge is 0.132 e. The summed E-state index contributed by atoms with van der Waals surface area (Å²) in [5.41, 5.74) is 2.74. The van der Waals surface area contributed by atoms with Gasteiger partial charge in [-0.05, 0) is 12.1 Å². The molecule has 2 rings (SSSR count). The molecule has 1 unspecified atom stereocenters. The Morgan fingerprint density at radius 2 is 2.40 bits per heavy atom. The minimum Gasteiger partial charge on any atom is -0.336 e. The Morgan fingerprint density at radius 3 is 2.87 bits per heavy atom. The van der Waals surface area contributed by atoms with Crippen LogP contribution in [0.25, 0.3) is 0 Å². The van der Waals surface area contributed by atoms with Gasteiger partial charge in [0.25, 0.3) is 0 Å². The zero-order valence-corrected chi connectivity index (χ0v) is 9.72. The standard InChI is InChI=1S/C9H11ClN4S/c1-14-5-4-12-9(14)8(13-11)6-2-3-7(10)15-6/h2-5,8,13H,11H2,1H3. The molecule has 0 saturated carbocycles. The minimum absolute atomic E-state index is 0.109. The van der Waals surface area contributed by atoms with Gasteiger partial charge in [0, 0.05) is 24.3 Å². The van der Waals surface area contributed by atoms with Gasteiger partial charge in [-0.25, -0.2) is 10.4 Å². The van der Waals surface area contributed by atoms with Crippen LogP contribution in [0, 0.1) is 0 Å². The van der Waals surface area contributed by atoms with Crippen molar-refractivity contribution in [3.63, 3.8) is 0 Å². The van der Waals surface area contributed by atoms with Crippen molar-refractivity contribution < 1.29 is 0 Å². The van der Waals surface area contributed by atoms with Crippen LogP contribution >= 0.6 is 22.9 Å². The van der Waals surface area contributed by atoms with E-state index in [0.29, 0.717) is 0 Å². The lowest BCUT2D eigenvalue weighted by atomic mass is 10.2. The summed E-state index contributed by atoms with van der Waals surface area (Å²) in [4.78, 5) is 5.31. The summed E-state index contributed by atoms with van der Waals surface area (Å²) in [6.45, 7) is 0. The summed E-state index contributed by atoms with van der Waals surface area (Å²) in [6, 6.07) is 3.70. The van der Waals surface area contributed by atoms with Crippen molar-refractivity contribution >= 4 is 22.9 Å². The number of halogens is 1. The molecule has 0 bridgehead atoms. The molecule has 6 heteroatoms. The number of nitrogens with two attached hydrogens (primary N) is 1. The van der Waals surface area contributed by atoms with E-state index in [1.165, 1.54) is 11.3 Å². The first-order chi connectivity index (χ1) is 7.22. The molecule has 0 radical (unpaired) electrons. The number of nitrogens with one attached hydrogen (secondary N) is 1. The van der Waals surface area contributed by atoms with Gasteiger partial charge in [0.1, 0.15) is 11.9 Å². The quantitative estimate of drug-likeness (QED) is 0.636. The summed E-state index contributed by atoms with van der Waals surface area (Å²) in [7, 11) is 1.93. The predicted molar refractivity (Wildman–Crippen MR) is 61.7 cm³/mol. The van der Waals surface area contributed by atoms with Gasteiger partial charge in [0.15, 0.2) is 0 Å². The third kappa shape index (κ3) is 2.05. The van der Waals surface area contributed by atoms with Crippen LogP contribution in [0.1, 0.15) is 16.7 Å². The molecule has 3 N–H and O–H groups in total. The molecular formula is C9H11ClN4S. The highest BCUT2D eigenvalue weighted by Crippen LogP contribution is 2.29. The Hall–Kier alpha value is -0.880. The Morgan fingerprint density at radius 1 is 1.60 bits per heavy atom. The van der Waals surface area contributed by atoms with Crippen LogP contribution in [-0.4, -0.2) is 9.55 Å². The molecule has 0 fully saturated rings. The van der Waals surface area contributed by atoms with Crippen molar-refractivity contribution in [3.8, 4) is 0 Å². The molecule has 2 heterocycles. The summed E-state index contributed by atoms with van der Waals surface area (Å²) < 4.78 is 2.68. The maximum absolute atomic E-state index is 5.89. The average molecular weight is 243 g/mol. The molecule has 4 nitrogen and oxygen atoms in total. The second-order valence-electron chi connectivity index (χ2n) is 3.14. The molecule has 0 saturated heterocycles. The summed E-state index contributed by atoms with van der Waals surface area (Å²) in [5.74, 6) is 6.41. The van der Waals surface area contributed by atoms with Crippen LogP contribution < -0.4 is 11.3 Å². The minimum atomic E-state index is -0.109. The SMILES string of the molecule is Cn1ccnc1C(NN)c1ccc(Cl)s1. The normalized spacial score (nSPS) is 13.0. The lowest BCUT2D eigenvalue weighted by molar-refractivity contribution is 0.588. The van der Waals surface area contributed by atoms with Gasteiger partial charge < -0.3 is 4.57 Å². The number of hydrogen-bond acceptors (Lipinski definition) is 4. The summed E-state index contributed by atoms with van der Waals surface area (Å²) >= 11 is 7.38. The van der Waals surface area contributed by atoms with Gasteiger partial charge in [-0.2, -0.15) is 0 Å². The summed E-state index contributed by atoms with van der Waals surface area (Å²) in [6.07, 6.45) is 3.63. The highest BCUT2D eigenvalue weighted by molar-refractivity contribution is 7.16. The first kappa shape index (κ1) is 10.6. The van der Waals surface area contributed by atoms with Crippen molar-refractivity contribution in [3.05, 3.63) is 39.6 Å². The Balaban J connectivity index is 2.36. The fourth-order valence-corrected chi connectivity index (χ4v) is 2.54. The van der Waals surface area contributed by atoms with Gasteiger partial charge in [0.2, 0.25) is 0 Å².